The van der Waals surface area contributed by atoms with Gasteiger partial charge >= 0.3 is 0 Å². The van der Waals surface area contributed by atoms with Crippen LogP contribution in [0, 0.1) is 0 Å². The molecule has 2 rings (SSSR count). The summed E-state index contributed by atoms with van der Waals surface area (Å²) >= 11 is 0. The summed E-state index contributed by atoms with van der Waals surface area (Å²) in [5, 5.41) is 6.10. The molecular formula is C17H26N2O2. The first-order valence-electron chi connectivity index (χ1n) is 7.66. The van der Waals surface area contributed by atoms with Crippen molar-refractivity contribution in [2.45, 2.75) is 38.7 Å². The highest BCUT2D eigenvalue weighted by atomic mass is 16.5. The lowest BCUT2D eigenvalue weighted by Gasteiger charge is -2.22. The van der Waals surface area contributed by atoms with Gasteiger partial charge in [-0.25, -0.2) is 0 Å². The molecule has 1 heterocycles. The lowest BCUT2D eigenvalue weighted by atomic mass is 9.86. The van der Waals surface area contributed by atoms with Gasteiger partial charge in [-0.05, 0) is 23.0 Å². The molecule has 1 aliphatic rings. The number of morpholine rings is 1. The molecule has 21 heavy (non-hydrogen) atoms. The van der Waals surface area contributed by atoms with Gasteiger partial charge in [0.2, 0.25) is 5.91 Å². The second-order valence-corrected chi connectivity index (χ2v) is 6.55. The number of rotatable bonds is 4. The maximum Gasteiger partial charge on any atom is 0.250 e. The Hall–Kier alpha value is -1.39. The Morgan fingerprint density at radius 2 is 2.05 bits per heavy atom. The van der Waals surface area contributed by atoms with Crippen molar-refractivity contribution < 1.29 is 9.53 Å². The van der Waals surface area contributed by atoms with Crippen molar-refractivity contribution in [3.63, 3.8) is 0 Å². The quantitative estimate of drug-likeness (QED) is 0.886. The van der Waals surface area contributed by atoms with E-state index in [-0.39, 0.29) is 17.4 Å². The molecule has 1 aromatic rings. The fourth-order valence-electron chi connectivity index (χ4n) is 2.35. The van der Waals surface area contributed by atoms with E-state index in [0.717, 1.165) is 13.0 Å². The number of hydrogen-bond donors (Lipinski definition) is 2. The molecule has 0 spiro atoms. The first-order chi connectivity index (χ1) is 9.97. The Morgan fingerprint density at radius 1 is 1.33 bits per heavy atom. The SMILES string of the molecule is CC(C)(C)c1ccc(CCNC(=O)C2CNCCO2)cc1. The summed E-state index contributed by atoms with van der Waals surface area (Å²) in [6.07, 6.45) is 0.498. The first-order valence-corrected chi connectivity index (χ1v) is 7.66. The standard InChI is InChI=1S/C17H26N2O2/c1-17(2,3)14-6-4-13(5-7-14)8-9-19-16(20)15-12-18-10-11-21-15/h4-7,15,18H,8-12H2,1-3H3,(H,19,20). The monoisotopic (exact) mass is 290 g/mol. The second kappa shape index (κ2) is 7.05. The van der Waals surface area contributed by atoms with Gasteiger partial charge in [0.15, 0.2) is 0 Å². The summed E-state index contributed by atoms with van der Waals surface area (Å²) in [7, 11) is 0. The summed E-state index contributed by atoms with van der Waals surface area (Å²) in [4.78, 5) is 11.9. The lowest BCUT2D eigenvalue weighted by Crippen LogP contribution is -2.48. The minimum Gasteiger partial charge on any atom is -0.366 e. The van der Waals surface area contributed by atoms with E-state index >= 15 is 0 Å². The smallest absolute Gasteiger partial charge is 0.250 e. The third-order valence-corrected chi connectivity index (χ3v) is 3.75. The zero-order valence-electron chi connectivity index (χ0n) is 13.2. The molecule has 1 atom stereocenters. The third kappa shape index (κ3) is 4.83. The summed E-state index contributed by atoms with van der Waals surface area (Å²) < 4.78 is 5.42. The van der Waals surface area contributed by atoms with Gasteiger partial charge in [0.25, 0.3) is 0 Å². The Labute approximate surface area is 127 Å². The van der Waals surface area contributed by atoms with Crippen LogP contribution in [0.15, 0.2) is 24.3 Å². The number of nitrogens with one attached hydrogen (secondary N) is 2. The number of amides is 1. The topological polar surface area (TPSA) is 50.4 Å². The van der Waals surface area contributed by atoms with Crippen LogP contribution in [0.1, 0.15) is 31.9 Å². The largest absolute Gasteiger partial charge is 0.366 e. The molecule has 0 saturated carbocycles. The summed E-state index contributed by atoms with van der Waals surface area (Å²) in [6.45, 7) is 9.30. The number of carbonyl (C=O) groups excluding carboxylic acids is 1. The molecule has 1 aliphatic heterocycles. The van der Waals surface area contributed by atoms with Crippen molar-refractivity contribution >= 4 is 5.91 Å². The van der Waals surface area contributed by atoms with Crippen molar-refractivity contribution in [1.29, 1.82) is 0 Å². The number of benzene rings is 1. The maximum atomic E-state index is 11.9. The second-order valence-electron chi connectivity index (χ2n) is 6.55. The van der Waals surface area contributed by atoms with E-state index in [4.69, 9.17) is 4.74 Å². The fourth-order valence-corrected chi connectivity index (χ4v) is 2.35. The van der Waals surface area contributed by atoms with Crippen LogP contribution in [0.25, 0.3) is 0 Å². The highest BCUT2D eigenvalue weighted by Gasteiger charge is 2.21. The molecule has 0 bridgehead atoms. The molecule has 1 amide bonds. The molecule has 0 aromatic heterocycles. The number of carbonyl (C=O) groups is 1. The Kier molecular flexibility index (Phi) is 5.37. The summed E-state index contributed by atoms with van der Waals surface area (Å²) in [5.41, 5.74) is 2.75. The van der Waals surface area contributed by atoms with Crippen molar-refractivity contribution in [2.75, 3.05) is 26.2 Å². The third-order valence-electron chi connectivity index (χ3n) is 3.75. The molecule has 4 heteroatoms. The molecule has 0 aliphatic carbocycles. The molecule has 1 saturated heterocycles. The number of ether oxygens (including phenoxy) is 1. The molecule has 1 fully saturated rings. The van der Waals surface area contributed by atoms with Crippen molar-refractivity contribution in [3.05, 3.63) is 35.4 Å². The first kappa shape index (κ1) is 16.0. The Morgan fingerprint density at radius 3 is 2.62 bits per heavy atom. The van der Waals surface area contributed by atoms with Crippen molar-refractivity contribution in [3.8, 4) is 0 Å². The fraction of sp³-hybridized carbons (Fsp3) is 0.588. The Balaban J connectivity index is 1.76. The lowest BCUT2D eigenvalue weighted by molar-refractivity contribution is -0.134. The van der Waals surface area contributed by atoms with Crippen LogP contribution >= 0.6 is 0 Å². The molecular weight excluding hydrogens is 264 g/mol. The normalized spacial score (nSPS) is 19.3. The molecule has 4 nitrogen and oxygen atoms in total. The highest BCUT2D eigenvalue weighted by Crippen LogP contribution is 2.22. The van der Waals surface area contributed by atoms with Gasteiger partial charge in [-0.15, -0.1) is 0 Å². The highest BCUT2D eigenvalue weighted by molar-refractivity contribution is 5.81. The molecule has 116 valence electrons. The van der Waals surface area contributed by atoms with Crippen LogP contribution in [-0.4, -0.2) is 38.3 Å². The summed E-state index contributed by atoms with van der Waals surface area (Å²) in [6, 6.07) is 8.63. The Bertz CT molecular complexity index is 457. The van der Waals surface area contributed by atoms with Crippen LogP contribution in [0.2, 0.25) is 0 Å². The van der Waals surface area contributed by atoms with E-state index in [1.54, 1.807) is 0 Å². The molecule has 2 N–H and O–H groups in total. The van der Waals surface area contributed by atoms with Gasteiger partial charge in [-0.1, -0.05) is 45.0 Å². The maximum absolute atomic E-state index is 11.9. The van der Waals surface area contributed by atoms with Gasteiger partial charge in [-0.2, -0.15) is 0 Å². The van der Waals surface area contributed by atoms with Crippen LogP contribution in [-0.2, 0) is 21.4 Å². The van der Waals surface area contributed by atoms with E-state index in [0.29, 0.717) is 19.7 Å². The summed E-state index contributed by atoms with van der Waals surface area (Å²) in [5.74, 6) is -0.0199. The van der Waals surface area contributed by atoms with Gasteiger partial charge in [-0.3, -0.25) is 4.79 Å². The van der Waals surface area contributed by atoms with Gasteiger partial charge in [0.1, 0.15) is 6.10 Å². The zero-order valence-corrected chi connectivity index (χ0v) is 13.2. The average molecular weight is 290 g/mol. The van der Waals surface area contributed by atoms with Gasteiger partial charge < -0.3 is 15.4 Å². The van der Waals surface area contributed by atoms with E-state index in [9.17, 15) is 4.79 Å². The van der Waals surface area contributed by atoms with Gasteiger partial charge in [0, 0.05) is 19.6 Å². The predicted octanol–water partition coefficient (Wildman–Crippen LogP) is 1.63. The minimum absolute atomic E-state index is 0.0199. The van der Waals surface area contributed by atoms with Crippen LogP contribution in [0.4, 0.5) is 0 Å². The van der Waals surface area contributed by atoms with Crippen LogP contribution < -0.4 is 10.6 Å². The molecule has 1 aromatic carbocycles. The van der Waals surface area contributed by atoms with Crippen molar-refractivity contribution in [2.24, 2.45) is 0 Å². The van der Waals surface area contributed by atoms with E-state index in [2.05, 4.69) is 55.7 Å². The molecule has 1 unspecified atom stereocenters. The van der Waals surface area contributed by atoms with Gasteiger partial charge in [0.05, 0.1) is 6.61 Å². The van der Waals surface area contributed by atoms with Crippen LogP contribution in [0.3, 0.4) is 0 Å². The predicted molar refractivity (Wildman–Crippen MR) is 84.5 cm³/mol. The zero-order chi connectivity index (χ0) is 15.3. The van der Waals surface area contributed by atoms with Crippen LogP contribution in [0.5, 0.6) is 0 Å². The van der Waals surface area contributed by atoms with E-state index in [1.165, 1.54) is 11.1 Å². The molecule has 0 radical (unpaired) electrons. The van der Waals surface area contributed by atoms with E-state index in [1.807, 2.05) is 0 Å². The van der Waals surface area contributed by atoms with Crippen molar-refractivity contribution in [1.82, 2.24) is 10.6 Å². The van der Waals surface area contributed by atoms with E-state index < -0.39 is 0 Å². The number of hydrogen-bond acceptors (Lipinski definition) is 3. The average Bonchev–Trinajstić information content (AvgIpc) is 2.47. The minimum atomic E-state index is -0.345.